The van der Waals surface area contributed by atoms with E-state index in [0.29, 0.717) is 35.4 Å². The van der Waals surface area contributed by atoms with Crippen LogP contribution in [-0.2, 0) is 14.3 Å². The summed E-state index contributed by atoms with van der Waals surface area (Å²) in [7, 11) is 0. The third-order valence-corrected chi connectivity index (χ3v) is 12.2. The monoisotopic (exact) mass is 392 g/mol. The molecule has 29 heavy (non-hydrogen) atoms. The zero-order valence-electron chi connectivity index (χ0n) is 17.7. The van der Waals surface area contributed by atoms with Crippen LogP contribution in [0.1, 0.15) is 71.6 Å². The lowest BCUT2D eigenvalue weighted by Crippen LogP contribution is -2.58. The van der Waals surface area contributed by atoms with Gasteiger partial charge < -0.3 is 4.74 Å². The van der Waals surface area contributed by atoms with Crippen LogP contribution in [0.25, 0.3) is 0 Å². The minimum Gasteiger partial charge on any atom is -0.458 e. The molecular weight excluding hydrogens is 360 g/mol. The van der Waals surface area contributed by atoms with Gasteiger partial charge in [0.05, 0.1) is 0 Å². The van der Waals surface area contributed by atoms with Gasteiger partial charge in [-0.05, 0) is 97.9 Å². The van der Waals surface area contributed by atoms with Crippen molar-refractivity contribution in [1.82, 2.24) is 0 Å². The molecule has 0 radical (unpaired) electrons. The van der Waals surface area contributed by atoms with E-state index in [1.807, 2.05) is 0 Å². The second kappa shape index (κ2) is 4.41. The summed E-state index contributed by atoms with van der Waals surface area (Å²) >= 11 is 0. The third kappa shape index (κ3) is 1.57. The maximum atomic E-state index is 12.7. The van der Waals surface area contributed by atoms with Gasteiger partial charge in [-0.2, -0.15) is 0 Å². The lowest BCUT2D eigenvalue weighted by atomic mass is 9.42. The van der Waals surface area contributed by atoms with Crippen LogP contribution in [0.3, 0.4) is 0 Å². The molecule has 6 saturated carbocycles. The van der Waals surface area contributed by atoms with Crippen LogP contribution in [0.4, 0.5) is 0 Å². The summed E-state index contributed by atoms with van der Waals surface area (Å²) < 4.78 is 6.26. The maximum absolute atomic E-state index is 12.7. The van der Waals surface area contributed by atoms with Crippen molar-refractivity contribution >= 4 is 11.8 Å². The van der Waals surface area contributed by atoms with Crippen molar-refractivity contribution in [1.29, 1.82) is 0 Å². The Bertz CT molecular complexity index is 928. The predicted molar refractivity (Wildman–Crippen MR) is 107 cm³/mol. The SMILES string of the molecule is C[C@@]12C(=CC(=O)C3C[C@@H]31)C1(CC1)CC1C2CC[C@@]2(C)C1[C@@H]1CC1[C@@]21CCC(=O)O1. The summed E-state index contributed by atoms with van der Waals surface area (Å²) in [5, 5.41) is 0. The van der Waals surface area contributed by atoms with E-state index in [-0.39, 0.29) is 22.4 Å². The fourth-order valence-corrected chi connectivity index (χ4v) is 10.8. The summed E-state index contributed by atoms with van der Waals surface area (Å²) in [6.45, 7) is 5.08. The standard InChI is InChI=1S/C26H32O3/c1-23-5-3-16-15(22(23)14-10-18(14)26(23)6-4-21(28)29-26)12-25(7-8-25)20-11-19(27)13-9-17(13)24(16,20)2/h11,13-18,22H,3-10,12H2,1-2H3/t13?,14-,15?,16?,17+,18?,22?,23+,24+,26+/m1/s1. The van der Waals surface area contributed by atoms with Crippen molar-refractivity contribution in [2.24, 2.45) is 57.7 Å². The molecule has 10 atom stereocenters. The number of hydrogen-bond donors (Lipinski definition) is 0. The van der Waals surface area contributed by atoms with Gasteiger partial charge in [-0.15, -0.1) is 0 Å². The van der Waals surface area contributed by atoms with Gasteiger partial charge in [0.15, 0.2) is 5.78 Å². The summed E-state index contributed by atoms with van der Waals surface area (Å²) in [4.78, 5) is 24.9. The molecule has 3 nitrogen and oxygen atoms in total. The Morgan fingerprint density at radius 2 is 1.79 bits per heavy atom. The molecule has 0 aromatic heterocycles. The molecule has 154 valence electrons. The van der Waals surface area contributed by atoms with E-state index in [1.54, 1.807) is 5.57 Å². The minimum atomic E-state index is -0.136. The zero-order chi connectivity index (χ0) is 19.6. The summed E-state index contributed by atoms with van der Waals surface area (Å²) in [6, 6.07) is 0. The first-order valence-corrected chi connectivity index (χ1v) is 12.3. The minimum absolute atomic E-state index is 0.0609. The summed E-state index contributed by atoms with van der Waals surface area (Å²) in [6.07, 6.45) is 12.6. The Kier molecular flexibility index (Phi) is 2.52. The van der Waals surface area contributed by atoms with Crippen LogP contribution in [0.2, 0.25) is 0 Å². The van der Waals surface area contributed by atoms with Crippen molar-refractivity contribution in [2.75, 3.05) is 0 Å². The van der Waals surface area contributed by atoms with Gasteiger partial charge in [-0.1, -0.05) is 19.4 Å². The lowest BCUT2D eigenvalue weighted by Gasteiger charge is -2.62. The molecule has 7 fully saturated rings. The topological polar surface area (TPSA) is 43.4 Å². The molecule has 1 aliphatic heterocycles. The second-order valence-electron chi connectivity index (χ2n) is 12.8. The molecule has 1 heterocycles. The zero-order valence-corrected chi connectivity index (χ0v) is 17.7. The Hall–Kier alpha value is -1.12. The normalized spacial score (nSPS) is 61.9. The highest BCUT2D eigenvalue weighted by Crippen LogP contribution is 2.83. The molecule has 5 unspecified atom stereocenters. The van der Waals surface area contributed by atoms with E-state index >= 15 is 0 Å². The predicted octanol–water partition coefficient (Wildman–Crippen LogP) is 4.70. The van der Waals surface area contributed by atoms with Gasteiger partial charge in [0.25, 0.3) is 0 Å². The molecule has 0 bridgehead atoms. The van der Waals surface area contributed by atoms with Crippen molar-refractivity contribution in [2.45, 2.75) is 77.2 Å². The molecule has 0 aromatic carbocycles. The van der Waals surface area contributed by atoms with Crippen molar-refractivity contribution in [3.8, 4) is 0 Å². The molecule has 8 rings (SSSR count). The quantitative estimate of drug-likeness (QED) is 0.562. The van der Waals surface area contributed by atoms with Gasteiger partial charge in [0.1, 0.15) is 5.60 Å². The Balaban J connectivity index is 1.26. The lowest BCUT2D eigenvalue weighted by molar-refractivity contribution is -0.178. The number of ketones is 1. The first-order chi connectivity index (χ1) is 13.8. The second-order valence-corrected chi connectivity index (χ2v) is 12.8. The molecule has 7 aliphatic carbocycles. The smallest absolute Gasteiger partial charge is 0.306 e. The molecule has 3 heteroatoms. The number of esters is 1. The van der Waals surface area contributed by atoms with E-state index in [0.717, 1.165) is 36.5 Å². The number of allylic oxidation sites excluding steroid dienone is 1. The van der Waals surface area contributed by atoms with E-state index in [4.69, 9.17) is 4.74 Å². The van der Waals surface area contributed by atoms with Crippen LogP contribution >= 0.6 is 0 Å². The molecular formula is C26H32O3. The number of carbonyl (C=O) groups excluding carboxylic acids is 2. The molecule has 2 spiro atoms. The highest BCUT2D eigenvalue weighted by atomic mass is 16.6. The molecule has 0 aromatic rings. The van der Waals surface area contributed by atoms with Crippen LogP contribution < -0.4 is 0 Å². The largest absolute Gasteiger partial charge is 0.458 e. The average molecular weight is 393 g/mol. The van der Waals surface area contributed by atoms with E-state index in [1.165, 1.54) is 38.5 Å². The van der Waals surface area contributed by atoms with Gasteiger partial charge in [-0.3, -0.25) is 9.59 Å². The van der Waals surface area contributed by atoms with E-state index in [9.17, 15) is 9.59 Å². The summed E-state index contributed by atoms with van der Waals surface area (Å²) in [5.74, 6) is 5.18. The highest BCUT2D eigenvalue weighted by Gasteiger charge is 2.81. The number of ether oxygens (including phenoxy) is 1. The highest BCUT2D eigenvalue weighted by molar-refractivity contribution is 5.96. The van der Waals surface area contributed by atoms with Crippen LogP contribution in [0.15, 0.2) is 11.6 Å². The summed E-state index contributed by atoms with van der Waals surface area (Å²) in [5.41, 5.74) is 2.26. The van der Waals surface area contributed by atoms with Crippen molar-refractivity contribution in [3.63, 3.8) is 0 Å². The van der Waals surface area contributed by atoms with Crippen LogP contribution in [-0.4, -0.2) is 17.4 Å². The molecule has 1 saturated heterocycles. The number of carbonyl (C=O) groups is 2. The van der Waals surface area contributed by atoms with Gasteiger partial charge in [-0.25, -0.2) is 0 Å². The fourth-order valence-electron chi connectivity index (χ4n) is 10.8. The van der Waals surface area contributed by atoms with E-state index in [2.05, 4.69) is 19.9 Å². The van der Waals surface area contributed by atoms with Gasteiger partial charge in [0.2, 0.25) is 0 Å². The molecule has 0 amide bonds. The van der Waals surface area contributed by atoms with Crippen molar-refractivity contribution in [3.05, 3.63) is 11.6 Å². The number of rotatable bonds is 0. The van der Waals surface area contributed by atoms with Gasteiger partial charge >= 0.3 is 5.97 Å². The van der Waals surface area contributed by atoms with Crippen LogP contribution in [0.5, 0.6) is 0 Å². The Morgan fingerprint density at radius 1 is 0.966 bits per heavy atom. The fraction of sp³-hybridized carbons (Fsp3) is 0.846. The van der Waals surface area contributed by atoms with E-state index < -0.39 is 0 Å². The number of hydrogen-bond acceptors (Lipinski definition) is 3. The van der Waals surface area contributed by atoms with Crippen molar-refractivity contribution < 1.29 is 14.3 Å². The van der Waals surface area contributed by atoms with Gasteiger partial charge in [0, 0.05) is 23.7 Å². The maximum Gasteiger partial charge on any atom is 0.306 e. The number of fused-ring (bicyclic) bond motifs is 12. The Labute approximate surface area is 173 Å². The van der Waals surface area contributed by atoms with Crippen LogP contribution in [0, 0.1) is 57.7 Å². The third-order valence-electron chi connectivity index (χ3n) is 12.2. The Morgan fingerprint density at radius 3 is 2.52 bits per heavy atom. The molecule has 0 N–H and O–H groups in total. The average Bonchev–Trinajstić information content (AvgIpc) is 3.57. The molecule has 8 aliphatic rings. The first kappa shape index (κ1) is 16.6. The first-order valence-electron chi connectivity index (χ1n) is 12.3.